The Morgan fingerprint density at radius 2 is 2.22 bits per heavy atom. The Labute approximate surface area is 136 Å². The van der Waals surface area contributed by atoms with Gasteiger partial charge in [-0.2, -0.15) is 0 Å². The van der Waals surface area contributed by atoms with Crippen molar-refractivity contribution in [1.29, 1.82) is 0 Å². The molecule has 6 nitrogen and oxygen atoms in total. The lowest BCUT2D eigenvalue weighted by atomic mass is 9.83. The van der Waals surface area contributed by atoms with Gasteiger partial charge in [0.15, 0.2) is 5.76 Å². The molecule has 1 atom stereocenters. The van der Waals surface area contributed by atoms with Crippen LogP contribution >= 0.6 is 0 Å². The van der Waals surface area contributed by atoms with E-state index in [0.29, 0.717) is 32.1 Å². The lowest BCUT2D eigenvalue weighted by Crippen LogP contribution is -2.52. The number of piperidine rings is 1. The van der Waals surface area contributed by atoms with Gasteiger partial charge in [0.2, 0.25) is 0 Å². The first-order valence-electron chi connectivity index (χ1n) is 8.30. The van der Waals surface area contributed by atoms with Crippen molar-refractivity contribution in [3.63, 3.8) is 0 Å². The number of methoxy groups -OCH3 is 1. The Bertz CT molecular complexity index is 493. The summed E-state index contributed by atoms with van der Waals surface area (Å²) in [5.41, 5.74) is -0.143. The van der Waals surface area contributed by atoms with E-state index < -0.39 is 0 Å². The van der Waals surface area contributed by atoms with E-state index in [2.05, 4.69) is 0 Å². The van der Waals surface area contributed by atoms with Gasteiger partial charge in [0.1, 0.15) is 0 Å². The predicted molar refractivity (Wildman–Crippen MR) is 83.4 cm³/mol. The maximum atomic E-state index is 12.3. The van der Waals surface area contributed by atoms with Gasteiger partial charge in [-0.1, -0.05) is 0 Å². The Hall–Kier alpha value is -1.37. The Morgan fingerprint density at radius 1 is 1.39 bits per heavy atom. The highest BCUT2D eigenvalue weighted by Crippen LogP contribution is 2.36. The molecule has 0 saturated carbocycles. The normalized spacial score (nSPS) is 24.0. The first-order chi connectivity index (χ1) is 11.2. The van der Waals surface area contributed by atoms with Gasteiger partial charge in [-0.15, -0.1) is 0 Å². The van der Waals surface area contributed by atoms with Crippen molar-refractivity contribution >= 4 is 5.91 Å². The van der Waals surface area contributed by atoms with Gasteiger partial charge in [0, 0.05) is 33.2 Å². The van der Waals surface area contributed by atoms with Gasteiger partial charge in [0.05, 0.1) is 31.2 Å². The Kier molecular flexibility index (Phi) is 5.35. The number of carbonyl (C=O) groups excluding carboxylic acids is 1. The first-order valence-corrected chi connectivity index (χ1v) is 8.30. The van der Waals surface area contributed by atoms with Gasteiger partial charge >= 0.3 is 0 Å². The molecule has 23 heavy (non-hydrogen) atoms. The lowest BCUT2D eigenvalue weighted by Gasteiger charge is -2.45. The first kappa shape index (κ1) is 16.5. The Balaban J connectivity index is 1.52. The minimum atomic E-state index is -0.143. The average Bonchev–Trinajstić information content (AvgIpc) is 3.10. The molecule has 1 unspecified atom stereocenters. The van der Waals surface area contributed by atoms with Crippen LogP contribution in [0.4, 0.5) is 0 Å². The molecule has 3 rings (SSSR count). The van der Waals surface area contributed by atoms with E-state index in [0.717, 1.165) is 32.3 Å². The maximum absolute atomic E-state index is 12.3. The summed E-state index contributed by atoms with van der Waals surface area (Å²) in [5.74, 6) is 0.375. The molecule has 2 aliphatic heterocycles. The maximum Gasteiger partial charge on any atom is 0.289 e. The monoisotopic (exact) mass is 323 g/mol. The summed E-state index contributed by atoms with van der Waals surface area (Å²) >= 11 is 0. The topological polar surface area (TPSA) is 61.1 Å². The van der Waals surface area contributed by atoms with Crippen molar-refractivity contribution in [3.05, 3.63) is 24.2 Å². The highest BCUT2D eigenvalue weighted by molar-refractivity contribution is 5.91. The second-order valence-corrected chi connectivity index (χ2v) is 6.28. The van der Waals surface area contributed by atoms with Crippen LogP contribution in [-0.4, -0.2) is 62.5 Å². The molecule has 0 radical (unpaired) electrons. The molecule has 2 fully saturated rings. The fourth-order valence-electron chi connectivity index (χ4n) is 3.45. The summed E-state index contributed by atoms with van der Waals surface area (Å²) < 4.78 is 22.2. The van der Waals surface area contributed by atoms with E-state index in [1.807, 2.05) is 4.90 Å². The van der Waals surface area contributed by atoms with Crippen LogP contribution in [-0.2, 0) is 14.2 Å². The molecular formula is C17H25NO5. The largest absolute Gasteiger partial charge is 0.459 e. The number of rotatable bonds is 5. The van der Waals surface area contributed by atoms with Crippen LogP contribution in [0.5, 0.6) is 0 Å². The zero-order valence-corrected chi connectivity index (χ0v) is 13.7. The molecular weight excluding hydrogens is 298 g/mol. The lowest BCUT2D eigenvalue weighted by molar-refractivity contribution is -0.154. The summed E-state index contributed by atoms with van der Waals surface area (Å²) in [6, 6.07) is 3.45. The van der Waals surface area contributed by atoms with E-state index in [4.69, 9.17) is 18.6 Å². The molecule has 1 amide bonds. The van der Waals surface area contributed by atoms with Crippen molar-refractivity contribution in [2.45, 2.75) is 37.4 Å². The summed E-state index contributed by atoms with van der Waals surface area (Å²) in [6.45, 7) is 3.37. The molecule has 0 bridgehead atoms. The average molecular weight is 323 g/mol. The molecule has 1 aromatic heterocycles. The van der Waals surface area contributed by atoms with Crippen LogP contribution < -0.4 is 0 Å². The number of carbonyl (C=O) groups is 1. The molecule has 0 aromatic carbocycles. The van der Waals surface area contributed by atoms with Crippen LogP contribution in [0.3, 0.4) is 0 Å². The van der Waals surface area contributed by atoms with Gasteiger partial charge < -0.3 is 23.5 Å². The molecule has 3 heterocycles. The van der Waals surface area contributed by atoms with Crippen molar-refractivity contribution < 1.29 is 23.4 Å². The highest BCUT2D eigenvalue weighted by atomic mass is 16.5. The highest BCUT2D eigenvalue weighted by Gasteiger charge is 2.41. The molecule has 128 valence electrons. The van der Waals surface area contributed by atoms with Gasteiger partial charge in [-0.05, 0) is 31.4 Å². The van der Waals surface area contributed by atoms with E-state index in [1.54, 1.807) is 19.2 Å². The molecule has 0 aliphatic carbocycles. The molecule has 1 aromatic rings. The van der Waals surface area contributed by atoms with Crippen molar-refractivity contribution in [3.8, 4) is 0 Å². The van der Waals surface area contributed by atoms with E-state index in [9.17, 15) is 4.79 Å². The summed E-state index contributed by atoms with van der Waals surface area (Å²) in [5, 5.41) is 0. The molecule has 0 N–H and O–H groups in total. The predicted octanol–water partition coefficient (Wildman–Crippen LogP) is 2.10. The van der Waals surface area contributed by atoms with Crippen LogP contribution in [0, 0.1) is 0 Å². The van der Waals surface area contributed by atoms with Crippen LogP contribution in [0.1, 0.15) is 36.2 Å². The van der Waals surface area contributed by atoms with Gasteiger partial charge in [-0.3, -0.25) is 4.79 Å². The summed E-state index contributed by atoms with van der Waals surface area (Å²) in [6.07, 6.45) is 5.30. The molecule has 1 spiro atoms. The number of nitrogens with zero attached hydrogens (tertiary/aromatic N) is 1. The zero-order chi connectivity index (χ0) is 16.1. The minimum absolute atomic E-state index is 0.0337. The van der Waals surface area contributed by atoms with Crippen LogP contribution in [0.25, 0.3) is 0 Å². The second-order valence-electron chi connectivity index (χ2n) is 6.28. The third-order valence-corrected chi connectivity index (χ3v) is 4.78. The zero-order valence-electron chi connectivity index (χ0n) is 13.7. The van der Waals surface area contributed by atoms with E-state index in [1.165, 1.54) is 6.26 Å². The van der Waals surface area contributed by atoms with Crippen LogP contribution in [0.15, 0.2) is 22.8 Å². The fraction of sp³-hybridized carbons (Fsp3) is 0.706. The Morgan fingerprint density at radius 3 is 2.91 bits per heavy atom. The minimum Gasteiger partial charge on any atom is -0.459 e. The van der Waals surface area contributed by atoms with Crippen LogP contribution in [0.2, 0.25) is 0 Å². The number of hydrogen-bond acceptors (Lipinski definition) is 5. The third-order valence-electron chi connectivity index (χ3n) is 4.78. The number of hydrogen-bond donors (Lipinski definition) is 0. The smallest absolute Gasteiger partial charge is 0.289 e. The SMILES string of the molecule is COCCOC1CCOC2(CCN(C(=O)c3ccco3)CC2)C1. The van der Waals surface area contributed by atoms with E-state index in [-0.39, 0.29) is 17.6 Å². The van der Waals surface area contributed by atoms with Gasteiger partial charge in [0.25, 0.3) is 5.91 Å². The third kappa shape index (κ3) is 3.94. The van der Waals surface area contributed by atoms with Crippen molar-refractivity contribution in [2.75, 3.05) is 40.0 Å². The fourth-order valence-corrected chi connectivity index (χ4v) is 3.45. The van der Waals surface area contributed by atoms with Crippen molar-refractivity contribution in [2.24, 2.45) is 0 Å². The molecule has 2 aliphatic rings. The number of likely N-dealkylation sites (tertiary alicyclic amines) is 1. The summed E-state index contributed by atoms with van der Waals surface area (Å²) in [7, 11) is 1.68. The number of amides is 1. The standard InChI is InChI=1S/C17H25NO5/c1-20-11-12-21-14-4-10-23-17(13-14)5-7-18(8-6-17)16(19)15-3-2-9-22-15/h2-3,9,14H,4-8,10-13H2,1H3. The van der Waals surface area contributed by atoms with E-state index >= 15 is 0 Å². The number of furan rings is 1. The second kappa shape index (κ2) is 7.47. The molecule has 2 saturated heterocycles. The van der Waals surface area contributed by atoms with Gasteiger partial charge in [-0.25, -0.2) is 0 Å². The quantitative estimate of drug-likeness (QED) is 0.777. The van der Waals surface area contributed by atoms with Crippen molar-refractivity contribution in [1.82, 2.24) is 4.90 Å². The molecule has 6 heteroatoms. The number of ether oxygens (including phenoxy) is 3. The summed E-state index contributed by atoms with van der Waals surface area (Å²) in [4.78, 5) is 14.2.